The van der Waals surface area contributed by atoms with Crippen molar-refractivity contribution >= 4 is 40.0 Å². The van der Waals surface area contributed by atoms with Gasteiger partial charge in [-0.25, -0.2) is 12.7 Å². The second-order valence-electron chi connectivity index (χ2n) is 8.29. The topological polar surface area (TPSA) is 77.0 Å². The Balaban J connectivity index is 0.00000420. The van der Waals surface area contributed by atoms with E-state index in [2.05, 4.69) is 20.5 Å². The molecule has 0 aromatic heterocycles. The van der Waals surface area contributed by atoms with E-state index in [-0.39, 0.29) is 29.5 Å². The number of aliphatic imine (C=N–C) groups is 1. The third kappa shape index (κ3) is 8.49. The SMILES string of the molecule is CCN(CCCNC(=NC)NCC1(N2CCCCC2)CCCCC1)S(C)(=O)=O.I. The summed E-state index contributed by atoms with van der Waals surface area (Å²) in [4.78, 5) is 7.12. The van der Waals surface area contributed by atoms with Crippen molar-refractivity contribution in [1.82, 2.24) is 19.8 Å². The second-order valence-corrected chi connectivity index (χ2v) is 10.3. The molecule has 1 heterocycles. The van der Waals surface area contributed by atoms with Crippen molar-refractivity contribution < 1.29 is 8.42 Å². The molecule has 1 aliphatic carbocycles. The number of halogens is 1. The van der Waals surface area contributed by atoms with Crippen LogP contribution in [0.2, 0.25) is 0 Å². The highest BCUT2D eigenvalue weighted by Gasteiger charge is 2.38. The molecular weight excluding hydrogens is 501 g/mol. The molecule has 7 nitrogen and oxygen atoms in total. The van der Waals surface area contributed by atoms with Crippen molar-refractivity contribution in [2.45, 2.75) is 70.3 Å². The smallest absolute Gasteiger partial charge is 0.211 e. The van der Waals surface area contributed by atoms with E-state index in [0.717, 1.165) is 18.9 Å². The Morgan fingerprint density at radius 3 is 2.24 bits per heavy atom. The Bertz CT molecular complexity index is 588. The predicted octanol–water partition coefficient (Wildman–Crippen LogP) is 2.63. The molecule has 0 atom stereocenters. The quantitative estimate of drug-likeness (QED) is 0.203. The van der Waals surface area contributed by atoms with E-state index in [1.54, 1.807) is 7.05 Å². The maximum Gasteiger partial charge on any atom is 0.211 e. The first kappa shape index (κ1) is 26.9. The third-order valence-electron chi connectivity index (χ3n) is 6.32. The van der Waals surface area contributed by atoms with Gasteiger partial charge in [0.25, 0.3) is 0 Å². The zero-order chi connectivity index (χ0) is 20.5. The van der Waals surface area contributed by atoms with Crippen molar-refractivity contribution in [2.24, 2.45) is 4.99 Å². The van der Waals surface area contributed by atoms with Crippen LogP contribution in [0.15, 0.2) is 4.99 Å². The number of guanidine groups is 1. The lowest BCUT2D eigenvalue weighted by Gasteiger charge is -2.48. The number of hydrogen-bond acceptors (Lipinski definition) is 4. The van der Waals surface area contributed by atoms with Gasteiger partial charge in [-0.1, -0.05) is 32.6 Å². The summed E-state index contributed by atoms with van der Waals surface area (Å²) < 4.78 is 24.9. The van der Waals surface area contributed by atoms with Gasteiger partial charge in [0, 0.05) is 38.8 Å². The van der Waals surface area contributed by atoms with Crippen LogP contribution in [0.3, 0.4) is 0 Å². The number of piperidine rings is 1. The molecule has 1 saturated carbocycles. The summed E-state index contributed by atoms with van der Waals surface area (Å²) in [5.74, 6) is 0.823. The summed E-state index contributed by atoms with van der Waals surface area (Å²) in [6.45, 7) is 7.04. The molecule has 0 unspecified atom stereocenters. The number of likely N-dealkylation sites (tertiary alicyclic amines) is 1. The molecule has 0 aromatic rings. The van der Waals surface area contributed by atoms with E-state index >= 15 is 0 Å². The van der Waals surface area contributed by atoms with Crippen LogP contribution in [0.4, 0.5) is 0 Å². The van der Waals surface area contributed by atoms with E-state index in [1.165, 1.54) is 75.0 Å². The monoisotopic (exact) mass is 543 g/mol. The van der Waals surface area contributed by atoms with Crippen molar-refractivity contribution in [2.75, 3.05) is 52.6 Å². The summed E-state index contributed by atoms with van der Waals surface area (Å²) in [6, 6.07) is 0. The number of hydrogen-bond donors (Lipinski definition) is 2. The molecular formula is C20H42IN5O2S. The molecule has 1 saturated heterocycles. The zero-order valence-corrected chi connectivity index (χ0v) is 21.7. The Labute approximate surface area is 195 Å². The number of nitrogens with zero attached hydrogens (tertiary/aromatic N) is 3. The molecule has 1 aliphatic heterocycles. The molecule has 2 fully saturated rings. The van der Waals surface area contributed by atoms with Crippen LogP contribution in [0.5, 0.6) is 0 Å². The molecule has 0 aromatic carbocycles. The molecule has 0 spiro atoms. The van der Waals surface area contributed by atoms with Crippen LogP contribution in [-0.4, -0.2) is 81.7 Å². The molecule has 0 bridgehead atoms. The fourth-order valence-electron chi connectivity index (χ4n) is 4.67. The first-order valence-electron chi connectivity index (χ1n) is 11.1. The van der Waals surface area contributed by atoms with E-state index in [9.17, 15) is 8.42 Å². The summed E-state index contributed by atoms with van der Waals surface area (Å²) in [5, 5.41) is 6.93. The average Bonchev–Trinajstić information content (AvgIpc) is 2.70. The highest BCUT2D eigenvalue weighted by molar-refractivity contribution is 14.0. The Hall–Kier alpha value is -0.130. The van der Waals surface area contributed by atoms with Gasteiger partial charge in [-0.2, -0.15) is 0 Å². The van der Waals surface area contributed by atoms with Gasteiger partial charge in [0.2, 0.25) is 10.0 Å². The van der Waals surface area contributed by atoms with Crippen LogP contribution in [-0.2, 0) is 10.0 Å². The predicted molar refractivity (Wildman–Crippen MR) is 133 cm³/mol. The minimum atomic E-state index is -3.11. The number of nitrogens with one attached hydrogen (secondary N) is 2. The van der Waals surface area contributed by atoms with E-state index < -0.39 is 10.0 Å². The highest BCUT2D eigenvalue weighted by Crippen LogP contribution is 2.35. The standard InChI is InChI=1S/C20H41N5O2S.HI/c1-4-25(28(3,26)27)17-11-14-22-19(21-2)23-18-20(12-7-5-8-13-20)24-15-9-6-10-16-24;/h4-18H2,1-3H3,(H2,21,22,23);1H. The molecule has 0 radical (unpaired) electrons. The summed E-state index contributed by atoms with van der Waals surface area (Å²) in [5.41, 5.74) is 0.269. The molecule has 0 amide bonds. The Morgan fingerprint density at radius 2 is 1.69 bits per heavy atom. The van der Waals surface area contributed by atoms with Gasteiger partial charge in [0.05, 0.1) is 6.26 Å². The first-order chi connectivity index (χ1) is 13.4. The maximum absolute atomic E-state index is 11.7. The lowest BCUT2D eigenvalue weighted by molar-refractivity contribution is 0.0368. The van der Waals surface area contributed by atoms with Gasteiger partial charge >= 0.3 is 0 Å². The van der Waals surface area contributed by atoms with Crippen molar-refractivity contribution in [3.05, 3.63) is 0 Å². The lowest BCUT2D eigenvalue weighted by Crippen LogP contribution is -2.59. The normalized spacial score (nSPS) is 20.9. The van der Waals surface area contributed by atoms with Crippen LogP contribution in [0, 0.1) is 0 Å². The minimum absolute atomic E-state index is 0. The number of rotatable bonds is 9. The fraction of sp³-hybridized carbons (Fsp3) is 0.950. The first-order valence-corrected chi connectivity index (χ1v) is 12.9. The van der Waals surface area contributed by atoms with Gasteiger partial charge in [-0.05, 0) is 45.2 Å². The Kier molecular flexibility index (Phi) is 12.4. The van der Waals surface area contributed by atoms with Gasteiger partial charge in [0.15, 0.2) is 5.96 Å². The largest absolute Gasteiger partial charge is 0.356 e. The molecule has 2 rings (SSSR count). The van der Waals surface area contributed by atoms with Crippen LogP contribution in [0.25, 0.3) is 0 Å². The summed E-state index contributed by atoms with van der Waals surface area (Å²) >= 11 is 0. The fourth-order valence-corrected chi connectivity index (χ4v) is 5.60. The van der Waals surface area contributed by atoms with E-state index in [0.29, 0.717) is 19.6 Å². The molecule has 172 valence electrons. The second kappa shape index (κ2) is 13.3. The van der Waals surface area contributed by atoms with E-state index in [4.69, 9.17) is 0 Å². The molecule has 29 heavy (non-hydrogen) atoms. The lowest BCUT2D eigenvalue weighted by atomic mass is 9.79. The molecule has 2 N–H and O–H groups in total. The van der Waals surface area contributed by atoms with Gasteiger partial charge in [-0.15, -0.1) is 24.0 Å². The van der Waals surface area contributed by atoms with Crippen molar-refractivity contribution in [3.8, 4) is 0 Å². The van der Waals surface area contributed by atoms with Gasteiger partial charge in [0.1, 0.15) is 0 Å². The molecule has 2 aliphatic rings. The van der Waals surface area contributed by atoms with Crippen LogP contribution >= 0.6 is 24.0 Å². The van der Waals surface area contributed by atoms with E-state index in [1.807, 2.05) is 6.92 Å². The van der Waals surface area contributed by atoms with Crippen molar-refractivity contribution in [3.63, 3.8) is 0 Å². The summed E-state index contributed by atoms with van der Waals surface area (Å²) in [6.07, 6.45) is 12.6. The minimum Gasteiger partial charge on any atom is -0.356 e. The average molecular weight is 544 g/mol. The van der Waals surface area contributed by atoms with Crippen molar-refractivity contribution in [1.29, 1.82) is 0 Å². The highest BCUT2D eigenvalue weighted by atomic mass is 127. The Morgan fingerprint density at radius 1 is 1.07 bits per heavy atom. The third-order valence-corrected chi connectivity index (χ3v) is 7.70. The van der Waals surface area contributed by atoms with Crippen LogP contribution in [0.1, 0.15) is 64.7 Å². The molecule has 9 heteroatoms. The van der Waals surface area contributed by atoms with Crippen LogP contribution < -0.4 is 10.6 Å². The zero-order valence-electron chi connectivity index (χ0n) is 18.6. The maximum atomic E-state index is 11.7. The number of sulfonamides is 1. The summed E-state index contributed by atoms with van der Waals surface area (Å²) in [7, 11) is -1.31. The van der Waals surface area contributed by atoms with Gasteiger partial charge in [-0.3, -0.25) is 9.89 Å². The van der Waals surface area contributed by atoms with Gasteiger partial charge < -0.3 is 10.6 Å².